The molecular weight excluding hydrogens is 371 g/mol. The summed E-state index contributed by atoms with van der Waals surface area (Å²) in [6.45, 7) is 8.04. The number of hydrogen-bond acceptors (Lipinski definition) is 5. The van der Waals surface area contributed by atoms with Crippen molar-refractivity contribution in [1.29, 1.82) is 0 Å². The topological polar surface area (TPSA) is 51.9 Å². The molecule has 0 aliphatic carbocycles. The van der Waals surface area contributed by atoms with E-state index in [1.54, 1.807) is 12.1 Å². The number of aliphatic imine (C=N–C) groups is 1. The standard InChI is InChI=1S/C22H29FN4O2/c1-3-28-20-11-16(12-21(22(20)23)29-4-2)14-26-9-6-17(7-10-26)27-15-25-18-13-24-8-5-19(18)27/h8,11-12,15,17H,3-7,9-10,13-14H2,1-2H3. The average Bonchev–Trinajstić information content (AvgIpc) is 3.16. The highest BCUT2D eigenvalue weighted by Gasteiger charge is 2.25. The summed E-state index contributed by atoms with van der Waals surface area (Å²) < 4.78 is 27.8. The van der Waals surface area contributed by atoms with E-state index < -0.39 is 5.82 Å². The number of ether oxygens (including phenoxy) is 2. The summed E-state index contributed by atoms with van der Waals surface area (Å²) in [5.41, 5.74) is 3.46. The number of halogens is 1. The molecule has 3 heterocycles. The smallest absolute Gasteiger partial charge is 0.206 e. The molecule has 0 saturated carbocycles. The number of aromatic nitrogens is 2. The monoisotopic (exact) mass is 400 g/mol. The van der Waals surface area contributed by atoms with Crippen LogP contribution in [0.15, 0.2) is 23.5 Å². The molecule has 2 aromatic rings. The summed E-state index contributed by atoms with van der Waals surface area (Å²) in [4.78, 5) is 11.3. The summed E-state index contributed by atoms with van der Waals surface area (Å²) in [5.74, 6) is 0.134. The van der Waals surface area contributed by atoms with Crippen LogP contribution in [-0.4, -0.2) is 47.0 Å². The first-order chi connectivity index (χ1) is 14.2. The molecule has 0 bridgehead atoms. The van der Waals surface area contributed by atoms with Crippen molar-refractivity contribution in [3.63, 3.8) is 0 Å². The van der Waals surface area contributed by atoms with Crippen LogP contribution in [0, 0.1) is 5.82 Å². The quantitative estimate of drug-likeness (QED) is 0.710. The average molecular weight is 400 g/mol. The molecule has 2 aliphatic heterocycles. The first-order valence-corrected chi connectivity index (χ1v) is 10.5. The first-order valence-electron chi connectivity index (χ1n) is 10.5. The van der Waals surface area contributed by atoms with Crippen molar-refractivity contribution in [2.24, 2.45) is 4.99 Å². The number of imidazole rings is 1. The fourth-order valence-corrected chi connectivity index (χ4v) is 4.25. The molecule has 2 aliphatic rings. The maximum absolute atomic E-state index is 14.5. The second-order valence-corrected chi connectivity index (χ2v) is 7.55. The Morgan fingerprint density at radius 2 is 1.79 bits per heavy atom. The van der Waals surface area contributed by atoms with Crippen LogP contribution in [0.4, 0.5) is 4.39 Å². The lowest BCUT2D eigenvalue weighted by atomic mass is 10.0. The molecule has 0 amide bonds. The molecule has 0 atom stereocenters. The zero-order chi connectivity index (χ0) is 20.2. The summed E-state index contributed by atoms with van der Waals surface area (Å²) in [6.07, 6.45) is 7.03. The van der Waals surface area contributed by atoms with E-state index in [2.05, 4.69) is 19.4 Å². The zero-order valence-electron chi connectivity index (χ0n) is 17.2. The van der Waals surface area contributed by atoms with Gasteiger partial charge in [0, 0.05) is 44.0 Å². The van der Waals surface area contributed by atoms with Gasteiger partial charge in [0.25, 0.3) is 0 Å². The Kier molecular flexibility index (Phi) is 6.13. The van der Waals surface area contributed by atoms with Crippen LogP contribution < -0.4 is 9.47 Å². The number of benzene rings is 1. The Labute approximate surface area is 171 Å². The van der Waals surface area contributed by atoms with Gasteiger partial charge in [-0.3, -0.25) is 9.89 Å². The molecular formula is C22H29FN4O2. The highest BCUT2D eigenvalue weighted by molar-refractivity contribution is 5.63. The van der Waals surface area contributed by atoms with Crippen LogP contribution in [0.3, 0.4) is 0 Å². The van der Waals surface area contributed by atoms with E-state index in [4.69, 9.17) is 9.47 Å². The number of piperidine rings is 1. The summed E-state index contributed by atoms with van der Waals surface area (Å²) in [6, 6.07) is 4.10. The van der Waals surface area contributed by atoms with Gasteiger partial charge in [0.2, 0.25) is 5.82 Å². The van der Waals surface area contributed by atoms with Gasteiger partial charge in [-0.25, -0.2) is 4.98 Å². The minimum Gasteiger partial charge on any atom is -0.491 e. The van der Waals surface area contributed by atoms with Gasteiger partial charge in [0.1, 0.15) is 0 Å². The van der Waals surface area contributed by atoms with Crippen molar-refractivity contribution >= 4 is 6.21 Å². The summed E-state index contributed by atoms with van der Waals surface area (Å²) in [7, 11) is 0. The molecule has 7 heteroatoms. The molecule has 0 unspecified atom stereocenters. The molecule has 156 valence electrons. The zero-order valence-corrected chi connectivity index (χ0v) is 17.2. The van der Waals surface area contributed by atoms with Gasteiger partial charge in [-0.2, -0.15) is 4.39 Å². The first kappa shape index (κ1) is 19.9. The normalized spacial score (nSPS) is 17.3. The molecule has 0 spiro atoms. The highest BCUT2D eigenvalue weighted by atomic mass is 19.1. The van der Waals surface area contributed by atoms with Gasteiger partial charge in [-0.15, -0.1) is 0 Å². The number of fused-ring (bicyclic) bond motifs is 1. The maximum Gasteiger partial charge on any atom is 0.206 e. The second kappa shape index (κ2) is 8.95. The number of nitrogens with zero attached hydrogens (tertiary/aromatic N) is 4. The number of rotatable bonds is 7. The van der Waals surface area contributed by atoms with Crippen LogP contribution in [0.25, 0.3) is 0 Å². The third-order valence-corrected chi connectivity index (χ3v) is 5.66. The van der Waals surface area contributed by atoms with Crippen LogP contribution in [0.5, 0.6) is 11.5 Å². The number of hydrogen-bond donors (Lipinski definition) is 0. The maximum atomic E-state index is 14.5. The van der Waals surface area contributed by atoms with Gasteiger partial charge in [-0.1, -0.05) is 0 Å². The van der Waals surface area contributed by atoms with E-state index in [-0.39, 0.29) is 11.5 Å². The lowest BCUT2D eigenvalue weighted by molar-refractivity contribution is 0.177. The van der Waals surface area contributed by atoms with Crippen LogP contribution in [0.1, 0.15) is 49.7 Å². The molecule has 1 fully saturated rings. The van der Waals surface area contributed by atoms with Gasteiger partial charge in [-0.05, 0) is 44.4 Å². The lowest BCUT2D eigenvalue weighted by Crippen LogP contribution is -2.34. The SMILES string of the molecule is CCOc1cc(CN2CCC(n3cnc4c3CC=NC4)CC2)cc(OCC)c1F. The number of likely N-dealkylation sites (tertiary alicyclic amines) is 1. The Morgan fingerprint density at radius 3 is 2.45 bits per heavy atom. The van der Waals surface area contributed by atoms with E-state index in [0.717, 1.165) is 50.2 Å². The van der Waals surface area contributed by atoms with Crippen LogP contribution in [-0.2, 0) is 19.5 Å². The van der Waals surface area contributed by atoms with Crippen molar-refractivity contribution in [3.8, 4) is 11.5 Å². The van der Waals surface area contributed by atoms with Crippen molar-refractivity contribution < 1.29 is 13.9 Å². The molecule has 4 rings (SSSR count). The molecule has 0 radical (unpaired) electrons. The predicted octanol–water partition coefficient (Wildman–Crippen LogP) is 3.78. The molecule has 1 saturated heterocycles. The molecule has 29 heavy (non-hydrogen) atoms. The van der Waals surface area contributed by atoms with Crippen LogP contribution >= 0.6 is 0 Å². The van der Waals surface area contributed by atoms with E-state index in [9.17, 15) is 4.39 Å². The Bertz CT molecular complexity index is 845. The largest absolute Gasteiger partial charge is 0.491 e. The fraction of sp³-hybridized carbons (Fsp3) is 0.545. The third-order valence-electron chi connectivity index (χ3n) is 5.66. The second-order valence-electron chi connectivity index (χ2n) is 7.55. The third kappa shape index (κ3) is 4.29. The lowest BCUT2D eigenvalue weighted by Gasteiger charge is -2.33. The molecule has 0 N–H and O–H groups in total. The van der Waals surface area contributed by atoms with Gasteiger partial charge in [0.05, 0.1) is 31.8 Å². The molecule has 6 nitrogen and oxygen atoms in total. The van der Waals surface area contributed by atoms with Gasteiger partial charge < -0.3 is 14.0 Å². The Morgan fingerprint density at radius 1 is 1.10 bits per heavy atom. The van der Waals surface area contributed by atoms with E-state index in [0.29, 0.717) is 25.8 Å². The summed E-state index contributed by atoms with van der Waals surface area (Å²) in [5, 5.41) is 0. The molecule has 1 aromatic carbocycles. The van der Waals surface area contributed by atoms with Crippen molar-refractivity contribution in [2.45, 2.75) is 52.2 Å². The van der Waals surface area contributed by atoms with Crippen molar-refractivity contribution in [2.75, 3.05) is 26.3 Å². The highest BCUT2D eigenvalue weighted by Crippen LogP contribution is 2.31. The van der Waals surface area contributed by atoms with Gasteiger partial charge in [0.15, 0.2) is 11.5 Å². The minimum absolute atomic E-state index is 0.273. The van der Waals surface area contributed by atoms with E-state index in [1.165, 1.54) is 5.69 Å². The fourth-order valence-electron chi connectivity index (χ4n) is 4.25. The van der Waals surface area contributed by atoms with Crippen molar-refractivity contribution in [3.05, 3.63) is 41.2 Å². The van der Waals surface area contributed by atoms with E-state index in [1.807, 2.05) is 26.4 Å². The van der Waals surface area contributed by atoms with Crippen molar-refractivity contribution in [1.82, 2.24) is 14.5 Å². The van der Waals surface area contributed by atoms with E-state index >= 15 is 0 Å². The Hall–Kier alpha value is -2.41. The molecule has 1 aromatic heterocycles. The van der Waals surface area contributed by atoms with Crippen LogP contribution in [0.2, 0.25) is 0 Å². The Balaban J connectivity index is 1.41. The minimum atomic E-state index is -0.412. The van der Waals surface area contributed by atoms with Gasteiger partial charge >= 0.3 is 0 Å². The predicted molar refractivity (Wildman–Crippen MR) is 110 cm³/mol. The summed E-state index contributed by atoms with van der Waals surface area (Å²) >= 11 is 0.